The molecule has 30 heavy (non-hydrogen) atoms. The van der Waals surface area contributed by atoms with Gasteiger partial charge in [0, 0.05) is 45.8 Å². The number of methoxy groups -OCH3 is 1. The number of hydrogen-bond acceptors (Lipinski definition) is 5. The van der Waals surface area contributed by atoms with Crippen molar-refractivity contribution in [3.8, 4) is 5.75 Å². The van der Waals surface area contributed by atoms with Crippen LogP contribution in [-0.4, -0.2) is 41.7 Å². The quantitative estimate of drug-likeness (QED) is 0.299. The first kappa shape index (κ1) is 23.7. The van der Waals surface area contributed by atoms with Gasteiger partial charge in [-0.05, 0) is 36.2 Å². The predicted octanol–water partition coefficient (Wildman–Crippen LogP) is 1.92. The van der Waals surface area contributed by atoms with Gasteiger partial charge in [0.2, 0.25) is 10.0 Å². The highest BCUT2D eigenvalue weighted by atomic mass is 32.2. The molecule has 0 unspecified atom stereocenters. The van der Waals surface area contributed by atoms with Gasteiger partial charge in [-0.2, -0.15) is 0 Å². The van der Waals surface area contributed by atoms with Gasteiger partial charge in [-0.1, -0.05) is 24.3 Å². The Morgan fingerprint density at radius 1 is 1.07 bits per heavy atom. The fourth-order valence-electron chi connectivity index (χ4n) is 2.71. The Morgan fingerprint density at radius 2 is 1.77 bits per heavy atom. The number of aliphatic imine (C=N–C) groups is 1. The summed E-state index contributed by atoms with van der Waals surface area (Å²) in [5.74, 6) is 1.46. The molecule has 164 valence electrons. The molecule has 4 N–H and O–H groups in total. The molecule has 0 radical (unpaired) electrons. The van der Waals surface area contributed by atoms with Crippen molar-refractivity contribution in [1.29, 1.82) is 0 Å². The van der Waals surface area contributed by atoms with Crippen molar-refractivity contribution in [2.75, 3.05) is 27.4 Å². The minimum atomic E-state index is -3.69. The van der Waals surface area contributed by atoms with E-state index in [1.165, 1.54) is 12.1 Å². The van der Waals surface area contributed by atoms with Crippen LogP contribution in [0.2, 0.25) is 0 Å². The van der Waals surface area contributed by atoms with Crippen LogP contribution in [0.5, 0.6) is 5.75 Å². The summed E-state index contributed by atoms with van der Waals surface area (Å²) >= 11 is 0. The Kier molecular flexibility index (Phi) is 9.10. The molecule has 0 saturated carbocycles. The van der Waals surface area contributed by atoms with E-state index in [9.17, 15) is 8.42 Å². The van der Waals surface area contributed by atoms with Gasteiger partial charge in [-0.15, -0.1) is 0 Å². The normalized spacial score (nSPS) is 11.9. The van der Waals surface area contributed by atoms with Crippen LogP contribution in [0.4, 0.5) is 0 Å². The first-order valence-electron chi connectivity index (χ1n) is 9.61. The molecule has 0 aliphatic carbocycles. The molecule has 9 heteroatoms. The topological polar surface area (TPSA) is 115 Å². The first-order valence-corrected chi connectivity index (χ1v) is 11.2. The molecule has 8 nitrogen and oxygen atoms in total. The fourth-order valence-corrected chi connectivity index (χ4v) is 3.23. The smallest absolute Gasteiger partial charge is 0.238 e. The Bertz CT molecular complexity index is 944. The molecule has 0 aliphatic rings. The molecule has 0 aromatic heterocycles. The minimum absolute atomic E-state index is 0.0890. The third kappa shape index (κ3) is 7.66. The van der Waals surface area contributed by atoms with Gasteiger partial charge in [-0.3, -0.25) is 4.99 Å². The van der Waals surface area contributed by atoms with Crippen molar-refractivity contribution < 1.29 is 17.9 Å². The molecule has 0 spiro atoms. The van der Waals surface area contributed by atoms with Gasteiger partial charge >= 0.3 is 0 Å². The highest BCUT2D eigenvalue weighted by Gasteiger charge is 2.08. The number of nitrogens with one attached hydrogen (secondary N) is 2. The third-order valence-corrected chi connectivity index (χ3v) is 5.28. The van der Waals surface area contributed by atoms with E-state index in [0.29, 0.717) is 32.3 Å². The second-order valence-corrected chi connectivity index (χ2v) is 8.34. The Balaban J connectivity index is 1.92. The zero-order chi connectivity index (χ0) is 22.0. The van der Waals surface area contributed by atoms with Crippen molar-refractivity contribution in [3.63, 3.8) is 0 Å². The van der Waals surface area contributed by atoms with E-state index < -0.39 is 10.0 Å². The maximum atomic E-state index is 11.3. The van der Waals surface area contributed by atoms with Gasteiger partial charge in [0.05, 0.1) is 11.5 Å². The van der Waals surface area contributed by atoms with Crippen LogP contribution in [0.3, 0.4) is 0 Å². The van der Waals surface area contributed by atoms with Crippen molar-refractivity contribution in [2.45, 2.75) is 31.3 Å². The third-order valence-electron chi connectivity index (χ3n) is 4.35. The summed E-state index contributed by atoms with van der Waals surface area (Å²) in [4.78, 5) is 4.32. The van der Waals surface area contributed by atoms with Crippen LogP contribution < -0.4 is 20.5 Å². The van der Waals surface area contributed by atoms with Crippen LogP contribution in [0.25, 0.3) is 0 Å². The number of nitrogens with zero attached hydrogens (tertiary/aromatic N) is 1. The number of guanidine groups is 1. The summed E-state index contributed by atoms with van der Waals surface area (Å²) < 4.78 is 33.7. The molecule has 0 atom stereocenters. The van der Waals surface area contributed by atoms with Crippen LogP contribution in [0.1, 0.15) is 23.1 Å². The van der Waals surface area contributed by atoms with Crippen molar-refractivity contribution in [2.24, 2.45) is 10.1 Å². The molecule has 0 amide bonds. The lowest BCUT2D eigenvalue weighted by molar-refractivity contribution is 0.171. The number of ether oxygens (including phenoxy) is 2. The van der Waals surface area contributed by atoms with Crippen molar-refractivity contribution >= 4 is 16.0 Å². The lowest BCUT2D eigenvalue weighted by Gasteiger charge is -2.15. The van der Waals surface area contributed by atoms with E-state index in [2.05, 4.69) is 15.6 Å². The second-order valence-electron chi connectivity index (χ2n) is 6.77. The zero-order valence-electron chi connectivity index (χ0n) is 17.6. The maximum absolute atomic E-state index is 11.3. The average Bonchev–Trinajstić information content (AvgIpc) is 2.72. The number of sulfonamides is 1. The molecule has 0 bridgehead atoms. The maximum Gasteiger partial charge on any atom is 0.238 e. The lowest BCUT2D eigenvalue weighted by atomic mass is 10.1. The number of aryl methyl sites for hydroxylation is 1. The van der Waals surface area contributed by atoms with E-state index >= 15 is 0 Å². The van der Waals surface area contributed by atoms with E-state index in [0.717, 1.165) is 28.9 Å². The van der Waals surface area contributed by atoms with E-state index in [1.807, 2.05) is 25.1 Å². The number of hydrogen-bond donors (Lipinski definition) is 3. The standard InChI is InChI=1S/C21H30N4O4S/c1-16-5-8-18(20(13-16)29-12-4-11-28-3)15-25-21(23-2)24-14-17-6-9-19(10-7-17)30(22,26)27/h5-10,13H,4,11-12,14-15H2,1-3H3,(H2,22,26,27)(H2,23,24,25). The van der Waals surface area contributed by atoms with Crippen LogP contribution in [0, 0.1) is 6.92 Å². The highest BCUT2D eigenvalue weighted by molar-refractivity contribution is 7.89. The van der Waals surface area contributed by atoms with Gasteiger partial charge in [0.15, 0.2) is 5.96 Å². The van der Waals surface area contributed by atoms with Crippen molar-refractivity contribution in [1.82, 2.24) is 10.6 Å². The summed E-state index contributed by atoms with van der Waals surface area (Å²) in [6.45, 7) is 4.31. The summed E-state index contributed by atoms with van der Waals surface area (Å²) in [7, 11) is -0.321. The van der Waals surface area contributed by atoms with Gasteiger partial charge in [-0.25, -0.2) is 13.6 Å². The molecule has 2 aromatic rings. The molecule has 0 heterocycles. The minimum Gasteiger partial charge on any atom is -0.493 e. The molecule has 2 aromatic carbocycles. The van der Waals surface area contributed by atoms with Gasteiger partial charge in [0.25, 0.3) is 0 Å². The molecular formula is C21H30N4O4S. The molecule has 0 aliphatic heterocycles. The predicted molar refractivity (Wildman–Crippen MR) is 118 cm³/mol. The lowest BCUT2D eigenvalue weighted by Crippen LogP contribution is -2.36. The van der Waals surface area contributed by atoms with Gasteiger partial charge in [0.1, 0.15) is 5.75 Å². The Labute approximate surface area is 178 Å². The molecular weight excluding hydrogens is 404 g/mol. The summed E-state index contributed by atoms with van der Waals surface area (Å²) in [5, 5.41) is 11.6. The number of nitrogens with two attached hydrogens (primary N) is 1. The average molecular weight is 435 g/mol. The van der Waals surface area contributed by atoms with E-state index in [4.69, 9.17) is 14.6 Å². The summed E-state index contributed by atoms with van der Waals surface area (Å²) in [6.07, 6.45) is 0.824. The number of primary sulfonamides is 1. The fraction of sp³-hybridized carbons (Fsp3) is 0.381. The monoisotopic (exact) mass is 434 g/mol. The Morgan fingerprint density at radius 3 is 2.40 bits per heavy atom. The largest absolute Gasteiger partial charge is 0.493 e. The van der Waals surface area contributed by atoms with Crippen LogP contribution in [0.15, 0.2) is 52.4 Å². The van der Waals surface area contributed by atoms with E-state index in [-0.39, 0.29) is 4.90 Å². The number of rotatable bonds is 10. The molecule has 0 saturated heterocycles. The van der Waals surface area contributed by atoms with Gasteiger partial charge < -0.3 is 20.1 Å². The number of benzene rings is 2. The zero-order valence-corrected chi connectivity index (χ0v) is 18.5. The highest BCUT2D eigenvalue weighted by Crippen LogP contribution is 2.20. The van der Waals surface area contributed by atoms with Crippen LogP contribution in [-0.2, 0) is 27.8 Å². The first-order chi connectivity index (χ1) is 14.3. The second kappa shape index (κ2) is 11.5. The molecule has 0 fully saturated rings. The molecule has 2 rings (SSSR count). The van der Waals surface area contributed by atoms with Crippen molar-refractivity contribution in [3.05, 3.63) is 59.2 Å². The van der Waals surface area contributed by atoms with E-state index in [1.54, 1.807) is 26.3 Å². The summed E-state index contributed by atoms with van der Waals surface area (Å²) in [6, 6.07) is 12.5. The van der Waals surface area contributed by atoms with Crippen LogP contribution >= 0.6 is 0 Å². The SMILES string of the molecule is CN=C(NCc1ccc(S(N)(=O)=O)cc1)NCc1ccc(C)cc1OCCCOC. The Hall–Kier alpha value is -2.62. The summed E-state index contributed by atoms with van der Waals surface area (Å²) in [5.41, 5.74) is 3.06.